The van der Waals surface area contributed by atoms with E-state index in [2.05, 4.69) is 18.8 Å². The third-order valence-corrected chi connectivity index (χ3v) is 7.98. The molecule has 3 aliphatic heterocycles. The van der Waals surface area contributed by atoms with Crippen molar-refractivity contribution in [2.45, 2.75) is 77.5 Å². The van der Waals surface area contributed by atoms with Crippen molar-refractivity contribution in [3.8, 4) is 11.5 Å². The van der Waals surface area contributed by atoms with Gasteiger partial charge in [-0.1, -0.05) is 19.9 Å². The molecule has 5 rings (SSSR count). The molecule has 208 valence electrons. The average Bonchev–Trinajstić information content (AvgIpc) is 3.24. The van der Waals surface area contributed by atoms with Crippen LogP contribution in [0.3, 0.4) is 0 Å². The number of benzene rings is 1. The molecule has 1 saturated heterocycles. The fourth-order valence-electron chi connectivity index (χ4n) is 5.90. The summed E-state index contributed by atoms with van der Waals surface area (Å²) in [5.74, 6) is 1.43. The van der Waals surface area contributed by atoms with Gasteiger partial charge in [0.25, 0.3) is 0 Å². The number of hydrogen-bond donors (Lipinski definition) is 1. The number of ether oxygens (including phenoxy) is 2. The Balaban J connectivity index is 1.34. The van der Waals surface area contributed by atoms with Gasteiger partial charge in [0.2, 0.25) is 11.8 Å². The van der Waals surface area contributed by atoms with E-state index in [1.807, 2.05) is 43.0 Å². The zero-order chi connectivity index (χ0) is 27.9. The zero-order valence-electron chi connectivity index (χ0n) is 23.6. The maximum absolute atomic E-state index is 13.6. The van der Waals surface area contributed by atoms with Gasteiger partial charge in [-0.25, -0.2) is 5.01 Å². The van der Waals surface area contributed by atoms with Gasteiger partial charge in [-0.05, 0) is 56.9 Å². The molecule has 3 aliphatic rings. The number of carbonyl (C=O) groups is 2. The Morgan fingerprint density at radius 3 is 2.59 bits per heavy atom. The summed E-state index contributed by atoms with van der Waals surface area (Å²) in [6, 6.07) is 7.04. The summed E-state index contributed by atoms with van der Waals surface area (Å²) in [5, 5.41) is 6.65. The summed E-state index contributed by atoms with van der Waals surface area (Å²) in [6.45, 7) is 9.18. The highest BCUT2D eigenvalue weighted by atomic mass is 16.5. The minimum Gasteiger partial charge on any atom is -0.493 e. The maximum atomic E-state index is 13.6. The summed E-state index contributed by atoms with van der Waals surface area (Å²) in [7, 11) is 1.65. The third kappa shape index (κ3) is 5.37. The molecule has 0 aliphatic carbocycles. The molecule has 0 unspecified atom stereocenters. The summed E-state index contributed by atoms with van der Waals surface area (Å²) in [4.78, 5) is 32.5. The van der Waals surface area contributed by atoms with Crippen molar-refractivity contribution in [1.29, 1.82) is 0 Å². The lowest BCUT2D eigenvalue weighted by Crippen LogP contribution is -2.54. The molecule has 1 atom stereocenters. The molecule has 0 spiro atoms. The second-order valence-electron chi connectivity index (χ2n) is 12.1. The minimum atomic E-state index is -0.616. The topological polar surface area (TPSA) is 110 Å². The minimum absolute atomic E-state index is 0.0195. The van der Waals surface area contributed by atoms with Crippen molar-refractivity contribution in [3.63, 3.8) is 0 Å². The highest BCUT2D eigenvalue weighted by Gasteiger charge is 2.44. The maximum Gasteiger partial charge on any atom is 0.248 e. The SMILES string of the molecule is COc1ccc(C2=NN(C3CCN(C(=O)[C@@H](N)Cc4cccnc4)CC3)C(=O)C(C)(C)C2)c2c1OC(C)(C)C2. The second kappa shape index (κ2) is 10.3. The lowest BCUT2D eigenvalue weighted by Gasteiger charge is -2.42. The molecule has 1 aromatic heterocycles. The van der Waals surface area contributed by atoms with Crippen LogP contribution in [0.5, 0.6) is 11.5 Å². The van der Waals surface area contributed by atoms with Crippen LogP contribution in [-0.2, 0) is 22.4 Å². The number of hydrogen-bond acceptors (Lipinski definition) is 7. The van der Waals surface area contributed by atoms with Gasteiger partial charge in [-0.15, -0.1) is 0 Å². The number of aromatic nitrogens is 1. The van der Waals surface area contributed by atoms with Crippen LogP contribution in [-0.4, -0.2) is 70.3 Å². The molecule has 0 bridgehead atoms. The number of carbonyl (C=O) groups excluding carboxylic acids is 2. The van der Waals surface area contributed by atoms with E-state index < -0.39 is 11.5 Å². The van der Waals surface area contributed by atoms with Crippen LogP contribution in [0.25, 0.3) is 0 Å². The number of methoxy groups -OCH3 is 1. The molecule has 1 fully saturated rings. The van der Waals surface area contributed by atoms with Crippen LogP contribution in [0, 0.1) is 5.41 Å². The van der Waals surface area contributed by atoms with E-state index in [9.17, 15) is 9.59 Å². The Morgan fingerprint density at radius 2 is 1.92 bits per heavy atom. The molecule has 2 N–H and O–H groups in total. The van der Waals surface area contributed by atoms with Crippen molar-refractivity contribution in [1.82, 2.24) is 14.9 Å². The number of fused-ring (bicyclic) bond motifs is 1. The number of pyridine rings is 1. The predicted molar refractivity (Wildman–Crippen MR) is 149 cm³/mol. The zero-order valence-corrected chi connectivity index (χ0v) is 23.6. The number of likely N-dealkylation sites (tertiary alicyclic amines) is 1. The Labute approximate surface area is 230 Å². The fraction of sp³-hybridized carbons (Fsp3) is 0.533. The van der Waals surface area contributed by atoms with E-state index in [1.165, 1.54) is 0 Å². The molecule has 4 heterocycles. The van der Waals surface area contributed by atoms with Crippen LogP contribution in [0.2, 0.25) is 0 Å². The predicted octanol–water partition coefficient (Wildman–Crippen LogP) is 3.33. The van der Waals surface area contributed by atoms with Gasteiger partial charge in [0.1, 0.15) is 5.60 Å². The molecule has 0 radical (unpaired) electrons. The first-order valence-corrected chi connectivity index (χ1v) is 13.7. The standard InChI is InChI=1S/C30H39N5O4/c1-29(2)17-24(21-8-9-25(38-5)26-22(21)16-30(3,4)39-26)33-35(28(29)37)20-10-13-34(14-11-20)27(36)23(31)15-19-7-6-12-32-18-19/h6-9,12,18,20,23H,10-11,13-17,31H2,1-5H3/t23-/m0/s1. The number of piperidine rings is 1. The average molecular weight is 534 g/mol. The molecular weight excluding hydrogens is 494 g/mol. The van der Waals surface area contributed by atoms with Gasteiger partial charge in [0.05, 0.1) is 30.3 Å². The molecular formula is C30H39N5O4. The first kappa shape index (κ1) is 27.1. The number of rotatable bonds is 6. The molecule has 2 aromatic rings. The van der Waals surface area contributed by atoms with Crippen LogP contribution >= 0.6 is 0 Å². The number of amides is 2. The Morgan fingerprint density at radius 1 is 1.18 bits per heavy atom. The number of hydrazone groups is 1. The lowest BCUT2D eigenvalue weighted by molar-refractivity contribution is -0.145. The Hall–Kier alpha value is -3.46. The number of nitrogens with two attached hydrogens (primary N) is 1. The summed E-state index contributed by atoms with van der Waals surface area (Å²) < 4.78 is 11.8. The van der Waals surface area contributed by atoms with Gasteiger partial charge in [0.15, 0.2) is 11.5 Å². The highest BCUT2D eigenvalue weighted by molar-refractivity contribution is 6.07. The van der Waals surface area contributed by atoms with Gasteiger partial charge < -0.3 is 20.1 Å². The summed E-state index contributed by atoms with van der Waals surface area (Å²) in [5.41, 5.74) is 9.23. The van der Waals surface area contributed by atoms with Crippen molar-refractivity contribution >= 4 is 17.5 Å². The summed E-state index contributed by atoms with van der Waals surface area (Å²) >= 11 is 0. The van der Waals surface area contributed by atoms with Crippen molar-refractivity contribution in [3.05, 3.63) is 53.3 Å². The van der Waals surface area contributed by atoms with Crippen LogP contribution in [0.4, 0.5) is 0 Å². The largest absolute Gasteiger partial charge is 0.493 e. The van der Waals surface area contributed by atoms with E-state index in [0.29, 0.717) is 44.5 Å². The summed E-state index contributed by atoms with van der Waals surface area (Å²) in [6.07, 6.45) is 6.48. The van der Waals surface area contributed by atoms with Crippen molar-refractivity contribution < 1.29 is 19.1 Å². The van der Waals surface area contributed by atoms with E-state index in [0.717, 1.165) is 34.6 Å². The van der Waals surface area contributed by atoms with E-state index in [-0.39, 0.29) is 23.5 Å². The monoisotopic (exact) mass is 533 g/mol. The molecule has 9 heteroatoms. The van der Waals surface area contributed by atoms with Crippen molar-refractivity contribution in [2.75, 3.05) is 20.2 Å². The van der Waals surface area contributed by atoms with Gasteiger partial charge in [-0.2, -0.15) is 5.10 Å². The normalized spacial score (nSPS) is 21.2. The molecule has 9 nitrogen and oxygen atoms in total. The van der Waals surface area contributed by atoms with Crippen LogP contribution < -0.4 is 15.2 Å². The number of nitrogens with zero attached hydrogens (tertiary/aromatic N) is 4. The highest BCUT2D eigenvalue weighted by Crippen LogP contribution is 2.45. The first-order chi connectivity index (χ1) is 18.5. The third-order valence-electron chi connectivity index (χ3n) is 7.98. The fourth-order valence-corrected chi connectivity index (χ4v) is 5.90. The van der Waals surface area contributed by atoms with E-state index >= 15 is 0 Å². The van der Waals surface area contributed by atoms with Crippen molar-refractivity contribution in [2.24, 2.45) is 16.3 Å². The molecule has 0 saturated carbocycles. The molecule has 2 amide bonds. The van der Waals surface area contributed by atoms with Crippen LogP contribution in [0.15, 0.2) is 41.8 Å². The van der Waals surface area contributed by atoms with Crippen LogP contribution in [0.1, 0.15) is 63.6 Å². The van der Waals surface area contributed by atoms with Gasteiger partial charge >= 0.3 is 0 Å². The molecule has 39 heavy (non-hydrogen) atoms. The van der Waals surface area contributed by atoms with E-state index in [1.54, 1.807) is 24.5 Å². The van der Waals surface area contributed by atoms with Gasteiger partial charge in [0, 0.05) is 49.5 Å². The molecule has 1 aromatic carbocycles. The Bertz CT molecular complexity index is 1280. The van der Waals surface area contributed by atoms with Gasteiger partial charge in [-0.3, -0.25) is 14.6 Å². The Kier molecular flexibility index (Phi) is 7.13. The van der Waals surface area contributed by atoms with E-state index in [4.69, 9.17) is 20.3 Å². The first-order valence-electron chi connectivity index (χ1n) is 13.7. The smallest absolute Gasteiger partial charge is 0.248 e. The second-order valence-corrected chi connectivity index (χ2v) is 12.1. The quantitative estimate of drug-likeness (QED) is 0.610. The lowest BCUT2D eigenvalue weighted by atomic mass is 9.80.